The maximum atomic E-state index is 13.0. The van der Waals surface area contributed by atoms with Crippen LogP contribution in [0.2, 0.25) is 0 Å². The van der Waals surface area contributed by atoms with Crippen LogP contribution in [-0.4, -0.2) is 49.5 Å². The van der Waals surface area contributed by atoms with Gasteiger partial charge >= 0.3 is 0 Å². The van der Waals surface area contributed by atoms with Gasteiger partial charge in [0.1, 0.15) is 5.75 Å². The summed E-state index contributed by atoms with van der Waals surface area (Å²) in [4.78, 5) is 13.7. The molecule has 22 heavy (non-hydrogen) atoms. The molecular weight excluding hydrogens is 296 g/mol. The lowest BCUT2D eigenvalue weighted by Crippen LogP contribution is -2.48. The number of nitrogens with zero attached hydrogens (tertiary/aromatic N) is 1. The summed E-state index contributed by atoms with van der Waals surface area (Å²) in [5.74, 6) is -2.55. The van der Waals surface area contributed by atoms with E-state index in [9.17, 15) is 13.6 Å². The van der Waals surface area contributed by atoms with Crippen LogP contribution in [-0.2, 0) is 14.3 Å². The molecule has 0 aromatic heterocycles. The van der Waals surface area contributed by atoms with Crippen molar-refractivity contribution in [3.63, 3.8) is 0 Å². The Bertz CT molecular complexity index is 550. The molecule has 120 valence electrons. The van der Waals surface area contributed by atoms with Crippen LogP contribution in [0.25, 0.3) is 0 Å². The van der Waals surface area contributed by atoms with E-state index < -0.39 is 17.4 Å². The zero-order chi connectivity index (χ0) is 15.6. The molecule has 0 bridgehead atoms. The van der Waals surface area contributed by atoms with Crippen LogP contribution in [0.5, 0.6) is 5.75 Å². The predicted molar refractivity (Wildman–Crippen MR) is 72.3 cm³/mol. The van der Waals surface area contributed by atoms with E-state index in [2.05, 4.69) is 0 Å². The first-order valence-electron chi connectivity index (χ1n) is 7.22. The minimum atomic E-state index is -1.000. The summed E-state index contributed by atoms with van der Waals surface area (Å²) in [5.41, 5.74) is 0. The lowest BCUT2D eigenvalue weighted by molar-refractivity contribution is -0.187. The number of ether oxygens (including phenoxy) is 3. The summed E-state index contributed by atoms with van der Waals surface area (Å²) in [7, 11) is 0. The first-order valence-corrected chi connectivity index (χ1v) is 7.22. The van der Waals surface area contributed by atoms with Crippen molar-refractivity contribution in [2.24, 2.45) is 0 Å². The fourth-order valence-corrected chi connectivity index (χ4v) is 2.69. The van der Waals surface area contributed by atoms with E-state index in [-0.39, 0.29) is 18.3 Å². The molecule has 2 aliphatic rings. The molecule has 2 heterocycles. The van der Waals surface area contributed by atoms with Gasteiger partial charge < -0.3 is 19.1 Å². The number of rotatable bonds is 3. The van der Waals surface area contributed by atoms with Crippen LogP contribution in [0.15, 0.2) is 18.2 Å². The fraction of sp³-hybridized carbons (Fsp3) is 0.533. The average molecular weight is 313 g/mol. The van der Waals surface area contributed by atoms with Gasteiger partial charge in [0.05, 0.1) is 13.2 Å². The highest BCUT2D eigenvalue weighted by atomic mass is 19.2. The summed E-state index contributed by atoms with van der Waals surface area (Å²) in [6.45, 7) is 2.03. The summed E-state index contributed by atoms with van der Waals surface area (Å²) < 4.78 is 42.3. The first kappa shape index (κ1) is 15.2. The number of amides is 1. The van der Waals surface area contributed by atoms with Crippen molar-refractivity contribution in [2.45, 2.75) is 18.6 Å². The molecule has 1 aromatic carbocycles. The SMILES string of the molecule is O=C(COc1ccc(F)c(F)c1)N1CCC2(CC1)OCCO2. The highest BCUT2D eigenvalue weighted by Crippen LogP contribution is 2.31. The summed E-state index contributed by atoms with van der Waals surface area (Å²) in [6, 6.07) is 3.18. The highest BCUT2D eigenvalue weighted by molar-refractivity contribution is 5.77. The molecule has 0 aliphatic carbocycles. The van der Waals surface area contributed by atoms with E-state index in [0.717, 1.165) is 12.1 Å². The second-order valence-corrected chi connectivity index (χ2v) is 5.35. The number of carbonyl (C=O) groups excluding carboxylic acids is 1. The molecule has 0 atom stereocenters. The van der Waals surface area contributed by atoms with Crippen LogP contribution in [0.3, 0.4) is 0 Å². The van der Waals surface area contributed by atoms with Gasteiger partial charge in [0.2, 0.25) is 0 Å². The van der Waals surface area contributed by atoms with Crippen LogP contribution in [0, 0.1) is 11.6 Å². The van der Waals surface area contributed by atoms with Crippen molar-refractivity contribution in [2.75, 3.05) is 32.9 Å². The van der Waals surface area contributed by atoms with E-state index in [4.69, 9.17) is 14.2 Å². The second-order valence-electron chi connectivity index (χ2n) is 5.35. The van der Waals surface area contributed by atoms with Gasteiger partial charge in [-0.2, -0.15) is 0 Å². The van der Waals surface area contributed by atoms with Crippen LogP contribution in [0.4, 0.5) is 8.78 Å². The lowest BCUT2D eigenvalue weighted by Gasteiger charge is -2.37. The third-order valence-electron chi connectivity index (χ3n) is 3.94. The van der Waals surface area contributed by atoms with E-state index in [1.54, 1.807) is 4.90 Å². The van der Waals surface area contributed by atoms with Gasteiger partial charge in [-0.25, -0.2) is 8.78 Å². The van der Waals surface area contributed by atoms with Crippen molar-refractivity contribution in [1.82, 2.24) is 4.90 Å². The third-order valence-corrected chi connectivity index (χ3v) is 3.94. The lowest BCUT2D eigenvalue weighted by atomic mass is 10.0. The smallest absolute Gasteiger partial charge is 0.260 e. The Hall–Kier alpha value is -1.73. The van der Waals surface area contributed by atoms with Crippen LogP contribution in [0.1, 0.15) is 12.8 Å². The van der Waals surface area contributed by atoms with Crippen molar-refractivity contribution in [1.29, 1.82) is 0 Å². The third kappa shape index (κ3) is 3.20. The average Bonchev–Trinajstić information content (AvgIpc) is 2.97. The molecule has 5 nitrogen and oxygen atoms in total. The minimum Gasteiger partial charge on any atom is -0.484 e. The molecule has 2 aliphatic heterocycles. The molecule has 0 radical (unpaired) electrons. The Morgan fingerprint density at radius 3 is 2.50 bits per heavy atom. The van der Waals surface area contributed by atoms with Crippen molar-refractivity contribution < 1.29 is 27.8 Å². The Balaban J connectivity index is 1.49. The molecule has 1 spiro atoms. The molecule has 2 saturated heterocycles. The molecule has 0 unspecified atom stereocenters. The normalized spacial score (nSPS) is 20.4. The zero-order valence-electron chi connectivity index (χ0n) is 12.0. The number of halogens is 2. The minimum absolute atomic E-state index is 0.128. The van der Waals surface area contributed by atoms with Gasteiger partial charge in [0.15, 0.2) is 24.0 Å². The second kappa shape index (κ2) is 6.18. The zero-order valence-corrected chi connectivity index (χ0v) is 12.0. The molecule has 0 saturated carbocycles. The fourth-order valence-electron chi connectivity index (χ4n) is 2.69. The maximum absolute atomic E-state index is 13.0. The molecule has 1 amide bonds. The standard InChI is InChI=1S/C15H17F2NO4/c16-12-2-1-11(9-13(12)17)20-10-14(19)18-5-3-15(4-6-18)21-7-8-22-15/h1-2,9H,3-8,10H2. The quantitative estimate of drug-likeness (QED) is 0.852. The van der Waals surface area contributed by atoms with E-state index in [1.165, 1.54) is 6.07 Å². The van der Waals surface area contributed by atoms with E-state index in [0.29, 0.717) is 39.1 Å². The topological polar surface area (TPSA) is 48.0 Å². The Kier molecular flexibility index (Phi) is 4.26. The summed E-state index contributed by atoms with van der Waals surface area (Å²) in [6.07, 6.45) is 1.26. The Morgan fingerprint density at radius 2 is 1.86 bits per heavy atom. The molecule has 1 aromatic rings. The predicted octanol–water partition coefficient (Wildman–Crippen LogP) is 1.71. The highest BCUT2D eigenvalue weighted by Gasteiger charge is 2.40. The van der Waals surface area contributed by atoms with Crippen molar-refractivity contribution in [3.05, 3.63) is 29.8 Å². The molecule has 0 N–H and O–H groups in total. The van der Waals surface area contributed by atoms with Crippen LogP contribution >= 0.6 is 0 Å². The summed E-state index contributed by atoms with van der Waals surface area (Å²) >= 11 is 0. The number of benzene rings is 1. The largest absolute Gasteiger partial charge is 0.484 e. The summed E-state index contributed by atoms with van der Waals surface area (Å²) in [5, 5.41) is 0. The number of piperidine rings is 1. The van der Waals surface area contributed by atoms with Crippen LogP contribution < -0.4 is 4.74 Å². The van der Waals surface area contributed by atoms with Gasteiger partial charge in [0, 0.05) is 32.0 Å². The monoisotopic (exact) mass is 313 g/mol. The van der Waals surface area contributed by atoms with E-state index in [1.807, 2.05) is 0 Å². The van der Waals surface area contributed by atoms with Gasteiger partial charge in [-0.15, -0.1) is 0 Å². The van der Waals surface area contributed by atoms with Gasteiger partial charge in [0.25, 0.3) is 5.91 Å². The van der Waals surface area contributed by atoms with E-state index >= 15 is 0 Å². The van der Waals surface area contributed by atoms with Gasteiger partial charge in [-0.3, -0.25) is 4.79 Å². The van der Waals surface area contributed by atoms with Crippen molar-refractivity contribution in [3.8, 4) is 5.75 Å². The molecule has 2 fully saturated rings. The molecular formula is C15H17F2NO4. The Morgan fingerprint density at radius 1 is 1.18 bits per heavy atom. The number of carbonyl (C=O) groups is 1. The number of hydrogen-bond acceptors (Lipinski definition) is 4. The number of likely N-dealkylation sites (tertiary alicyclic amines) is 1. The Labute approximate surface area is 126 Å². The number of hydrogen-bond donors (Lipinski definition) is 0. The van der Waals surface area contributed by atoms with Crippen molar-refractivity contribution >= 4 is 5.91 Å². The first-order chi connectivity index (χ1) is 10.6. The molecule has 7 heteroatoms. The van der Waals surface area contributed by atoms with Gasteiger partial charge in [-0.1, -0.05) is 0 Å². The van der Waals surface area contributed by atoms with Gasteiger partial charge in [-0.05, 0) is 12.1 Å². The molecule has 3 rings (SSSR count). The maximum Gasteiger partial charge on any atom is 0.260 e.